The molecule has 0 aromatic heterocycles. The van der Waals surface area contributed by atoms with Crippen LogP contribution in [-0.4, -0.2) is 34.2 Å². The van der Waals surface area contributed by atoms with Crippen LogP contribution in [0.3, 0.4) is 0 Å². The molecule has 5 N–H and O–H groups in total. The summed E-state index contributed by atoms with van der Waals surface area (Å²) >= 11 is 0. The molecule has 104 valence electrons. The molecule has 0 unspecified atom stereocenters. The Morgan fingerprint density at radius 1 is 1.37 bits per heavy atom. The van der Waals surface area contributed by atoms with Crippen molar-refractivity contribution in [2.75, 3.05) is 12.5 Å². The van der Waals surface area contributed by atoms with Crippen LogP contribution in [0.15, 0.2) is 18.2 Å². The van der Waals surface area contributed by atoms with Gasteiger partial charge in [-0.15, -0.1) is 0 Å². The van der Waals surface area contributed by atoms with Gasteiger partial charge < -0.3 is 20.4 Å². The Bertz CT molecular complexity index is 477. The van der Waals surface area contributed by atoms with E-state index in [2.05, 4.69) is 5.43 Å². The minimum absolute atomic E-state index is 0.109. The van der Waals surface area contributed by atoms with E-state index in [1.165, 1.54) is 19.2 Å². The summed E-state index contributed by atoms with van der Waals surface area (Å²) in [6.45, 7) is 0. The van der Waals surface area contributed by atoms with Crippen LogP contribution in [0.2, 0.25) is 0 Å². The van der Waals surface area contributed by atoms with Crippen LogP contribution in [-0.2, 0) is 9.59 Å². The predicted octanol–water partition coefficient (Wildman–Crippen LogP) is 0.0446. The number of aliphatic carboxylic acids is 2. The summed E-state index contributed by atoms with van der Waals surface area (Å²) in [5, 5.41) is 25.3. The molecule has 1 aromatic rings. The van der Waals surface area contributed by atoms with Crippen molar-refractivity contribution in [2.45, 2.75) is 0 Å². The van der Waals surface area contributed by atoms with Gasteiger partial charge in [-0.3, -0.25) is 16.0 Å². The summed E-state index contributed by atoms with van der Waals surface area (Å²) in [7, 11) is 1.42. The molecule has 0 fully saturated rings. The standard InChI is InChI=1S/C7H9N3O3.C2H2O4/c1-13-6-4-2-3-5(10(11)12)7(6)9-8;3-1(4)2(5)6/h2-4,9H,8H2,1H3;(H,3,4)(H,5,6). The molecule has 0 bridgehead atoms. The molecule has 19 heavy (non-hydrogen) atoms. The van der Waals surface area contributed by atoms with E-state index in [9.17, 15) is 10.1 Å². The predicted molar refractivity (Wildman–Crippen MR) is 62.7 cm³/mol. The summed E-state index contributed by atoms with van der Waals surface area (Å²) in [4.78, 5) is 28.2. The fourth-order valence-electron chi connectivity index (χ4n) is 0.987. The zero-order valence-electron chi connectivity index (χ0n) is 9.69. The Kier molecular flexibility index (Phi) is 6.32. The molecule has 0 radical (unpaired) electrons. The van der Waals surface area contributed by atoms with Gasteiger partial charge >= 0.3 is 11.9 Å². The van der Waals surface area contributed by atoms with Crippen molar-refractivity contribution in [1.82, 2.24) is 0 Å². The van der Waals surface area contributed by atoms with Gasteiger partial charge in [-0.2, -0.15) is 0 Å². The van der Waals surface area contributed by atoms with Crippen LogP contribution in [0.25, 0.3) is 0 Å². The number of methoxy groups -OCH3 is 1. The van der Waals surface area contributed by atoms with Crippen LogP contribution >= 0.6 is 0 Å². The highest BCUT2D eigenvalue weighted by atomic mass is 16.6. The number of carboxylic acids is 2. The monoisotopic (exact) mass is 273 g/mol. The Morgan fingerprint density at radius 2 is 1.89 bits per heavy atom. The molecule has 0 atom stereocenters. The van der Waals surface area contributed by atoms with Crippen molar-refractivity contribution in [2.24, 2.45) is 5.84 Å². The number of carbonyl (C=O) groups is 2. The third-order valence-corrected chi connectivity index (χ3v) is 1.75. The van der Waals surface area contributed by atoms with Gasteiger partial charge in [0.05, 0.1) is 12.0 Å². The summed E-state index contributed by atoms with van der Waals surface area (Å²) in [6.07, 6.45) is 0. The van der Waals surface area contributed by atoms with Gasteiger partial charge in [0.2, 0.25) is 0 Å². The fraction of sp³-hybridized carbons (Fsp3) is 0.111. The Balaban J connectivity index is 0.000000459. The number of nitro groups is 1. The fourth-order valence-corrected chi connectivity index (χ4v) is 0.987. The number of nitrogen functional groups attached to an aromatic ring is 1. The molecule has 0 saturated carbocycles. The highest BCUT2D eigenvalue weighted by molar-refractivity contribution is 6.27. The second-order valence-electron chi connectivity index (χ2n) is 2.87. The van der Waals surface area contributed by atoms with E-state index >= 15 is 0 Å². The average molecular weight is 273 g/mol. The number of hydrazine groups is 1. The second-order valence-corrected chi connectivity index (χ2v) is 2.87. The lowest BCUT2D eigenvalue weighted by atomic mass is 10.2. The molecule has 1 rings (SSSR count). The molecule has 1 aromatic carbocycles. The second kappa shape index (κ2) is 7.45. The summed E-state index contributed by atoms with van der Waals surface area (Å²) in [5.41, 5.74) is 2.30. The number of para-hydroxylation sites is 1. The van der Waals surface area contributed by atoms with Crippen molar-refractivity contribution in [3.8, 4) is 5.75 Å². The van der Waals surface area contributed by atoms with E-state index in [1.54, 1.807) is 6.07 Å². The topological polar surface area (TPSA) is 165 Å². The van der Waals surface area contributed by atoms with Gasteiger partial charge in [0.25, 0.3) is 5.69 Å². The lowest BCUT2D eigenvalue weighted by Crippen LogP contribution is -2.10. The number of benzene rings is 1. The van der Waals surface area contributed by atoms with E-state index in [4.69, 9.17) is 30.4 Å². The first-order chi connectivity index (χ1) is 8.84. The molecular weight excluding hydrogens is 262 g/mol. The molecule has 0 heterocycles. The SMILES string of the molecule is COc1cccc([N+](=O)[O-])c1NN.O=C(O)C(=O)O. The molecule has 0 aliphatic carbocycles. The zero-order chi connectivity index (χ0) is 15.0. The number of ether oxygens (including phenoxy) is 1. The number of hydrogen-bond donors (Lipinski definition) is 4. The van der Waals surface area contributed by atoms with Gasteiger partial charge in [-0.05, 0) is 6.07 Å². The van der Waals surface area contributed by atoms with Crippen LogP contribution < -0.4 is 16.0 Å². The van der Waals surface area contributed by atoms with E-state index < -0.39 is 16.9 Å². The largest absolute Gasteiger partial charge is 0.494 e. The first-order valence-corrected chi connectivity index (χ1v) is 4.59. The van der Waals surface area contributed by atoms with Crippen molar-refractivity contribution >= 4 is 23.3 Å². The molecule has 0 aliphatic rings. The Labute approximate surface area is 106 Å². The summed E-state index contributed by atoms with van der Waals surface area (Å²) in [6, 6.07) is 4.46. The third kappa shape index (κ3) is 4.87. The molecule has 0 saturated heterocycles. The number of hydrogen-bond acceptors (Lipinski definition) is 7. The van der Waals surface area contributed by atoms with Crippen molar-refractivity contribution in [3.63, 3.8) is 0 Å². The van der Waals surface area contributed by atoms with E-state index in [0.717, 1.165) is 0 Å². The number of nitro benzene ring substituents is 1. The van der Waals surface area contributed by atoms with Crippen molar-refractivity contribution in [1.29, 1.82) is 0 Å². The van der Waals surface area contributed by atoms with Crippen LogP contribution in [0.5, 0.6) is 5.75 Å². The maximum Gasteiger partial charge on any atom is 0.414 e. The number of anilines is 1. The van der Waals surface area contributed by atoms with Gasteiger partial charge in [0.1, 0.15) is 5.75 Å². The van der Waals surface area contributed by atoms with Gasteiger partial charge in [0.15, 0.2) is 5.69 Å². The lowest BCUT2D eigenvalue weighted by molar-refractivity contribution is -0.384. The molecule has 10 heteroatoms. The van der Waals surface area contributed by atoms with Crippen molar-refractivity contribution in [3.05, 3.63) is 28.3 Å². The molecule has 0 amide bonds. The highest BCUT2D eigenvalue weighted by Crippen LogP contribution is 2.32. The smallest absolute Gasteiger partial charge is 0.414 e. The average Bonchev–Trinajstić information content (AvgIpc) is 2.37. The Morgan fingerprint density at radius 3 is 2.21 bits per heavy atom. The number of nitrogens with two attached hydrogens (primary N) is 1. The maximum absolute atomic E-state index is 10.5. The minimum Gasteiger partial charge on any atom is -0.494 e. The Hall–Kier alpha value is -2.88. The quantitative estimate of drug-likeness (QED) is 0.257. The van der Waals surface area contributed by atoms with E-state index in [1.807, 2.05) is 0 Å². The molecule has 10 nitrogen and oxygen atoms in total. The van der Waals surface area contributed by atoms with Crippen LogP contribution in [0.1, 0.15) is 0 Å². The first-order valence-electron chi connectivity index (χ1n) is 4.59. The number of nitrogens with zero attached hydrogens (tertiary/aromatic N) is 1. The number of nitrogens with one attached hydrogen (secondary N) is 1. The molecule has 0 aliphatic heterocycles. The van der Waals surface area contributed by atoms with E-state index in [0.29, 0.717) is 5.75 Å². The van der Waals surface area contributed by atoms with Gasteiger partial charge in [-0.1, -0.05) is 6.07 Å². The minimum atomic E-state index is -1.82. The first kappa shape index (κ1) is 16.1. The van der Waals surface area contributed by atoms with Crippen LogP contribution in [0, 0.1) is 10.1 Å². The van der Waals surface area contributed by atoms with Gasteiger partial charge in [-0.25, -0.2) is 9.59 Å². The third-order valence-electron chi connectivity index (χ3n) is 1.75. The summed E-state index contributed by atoms with van der Waals surface area (Å²) < 4.78 is 4.88. The van der Waals surface area contributed by atoms with Gasteiger partial charge in [0, 0.05) is 6.07 Å². The highest BCUT2D eigenvalue weighted by Gasteiger charge is 2.16. The molecule has 0 spiro atoms. The van der Waals surface area contributed by atoms with Crippen molar-refractivity contribution < 1.29 is 29.5 Å². The summed E-state index contributed by atoms with van der Waals surface area (Å²) in [5.74, 6) is 1.83. The lowest BCUT2D eigenvalue weighted by Gasteiger charge is -2.06. The normalized spacial score (nSPS) is 8.74. The molecular formula is C9H11N3O7. The number of rotatable bonds is 3. The zero-order valence-corrected chi connectivity index (χ0v) is 9.69. The van der Waals surface area contributed by atoms with E-state index in [-0.39, 0.29) is 11.4 Å². The number of carboxylic acid groups (broad SMARTS) is 2. The maximum atomic E-state index is 10.5. The van der Waals surface area contributed by atoms with Crippen LogP contribution in [0.4, 0.5) is 11.4 Å².